The maximum Gasteiger partial charge on any atom is 0.195 e. The number of nitrogens with zero attached hydrogens (tertiary/aromatic N) is 2. The molecule has 2 N–H and O–H groups in total. The van der Waals surface area contributed by atoms with Crippen LogP contribution in [0.1, 0.15) is 11.4 Å². The molecule has 0 saturated carbocycles. The molecule has 0 aliphatic carbocycles. The molecule has 0 fully saturated rings. The van der Waals surface area contributed by atoms with Crippen molar-refractivity contribution in [3.8, 4) is 5.75 Å². The predicted octanol–water partition coefficient (Wildman–Crippen LogP) is 3.68. The zero-order valence-electron chi connectivity index (χ0n) is 10.2. The topological polar surface area (TPSA) is 49.6 Å². The van der Waals surface area contributed by atoms with Gasteiger partial charge >= 0.3 is 0 Å². The van der Waals surface area contributed by atoms with E-state index >= 15 is 0 Å². The Morgan fingerprint density at radius 2 is 2.32 bits per heavy atom. The maximum atomic E-state index is 9.43. The first-order chi connectivity index (χ1) is 9.15. The van der Waals surface area contributed by atoms with Crippen molar-refractivity contribution in [2.75, 3.05) is 5.32 Å². The van der Waals surface area contributed by atoms with Gasteiger partial charge in [0.05, 0.1) is 12.2 Å². The fourth-order valence-corrected chi connectivity index (χ4v) is 3.16. The Balaban J connectivity index is 1.89. The lowest BCUT2D eigenvalue weighted by atomic mass is 10.3. The van der Waals surface area contributed by atoms with Crippen LogP contribution in [0.2, 0.25) is 5.15 Å². The molecule has 0 bridgehead atoms. The number of anilines is 1. The van der Waals surface area contributed by atoms with Crippen molar-refractivity contribution >= 4 is 33.6 Å². The molecule has 2 heterocycles. The van der Waals surface area contributed by atoms with Crippen molar-refractivity contribution in [2.45, 2.75) is 13.5 Å². The lowest BCUT2D eigenvalue weighted by molar-refractivity contribution is 0.475. The highest BCUT2D eigenvalue weighted by atomic mass is 35.5. The summed E-state index contributed by atoms with van der Waals surface area (Å²) in [5.74, 6) is 0.237. The summed E-state index contributed by atoms with van der Waals surface area (Å²) in [7, 11) is 0. The Labute approximate surface area is 119 Å². The zero-order chi connectivity index (χ0) is 13.4. The Kier molecular flexibility index (Phi) is 3.08. The summed E-state index contributed by atoms with van der Waals surface area (Å²) in [6.07, 6.45) is 0. The third-order valence-corrected chi connectivity index (χ3v) is 4.13. The number of hydrogen-bond donors (Lipinski definition) is 2. The Hall–Kier alpha value is -1.72. The van der Waals surface area contributed by atoms with Crippen LogP contribution in [0.25, 0.3) is 4.96 Å². The van der Waals surface area contributed by atoms with Crippen LogP contribution in [0.15, 0.2) is 29.6 Å². The van der Waals surface area contributed by atoms with Gasteiger partial charge in [-0.15, -0.1) is 11.3 Å². The molecule has 0 amide bonds. The summed E-state index contributed by atoms with van der Waals surface area (Å²) in [5, 5.41) is 15.2. The number of thiazole rings is 1. The summed E-state index contributed by atoms with van der Waals surface area (Å²) in [4.78, 5) is 5.22. The van der Waals surface area contributed by atoms with Crippen LogP contribution in [0.4, 0.5) is 5.69 Å². The molecule has 4 nitrogen and oxygen atoms in total. The van der Waals surface area contributed by atoms with Gasteiger partial charge in [0.15, 0.2) is 10.1 Å². The average molecular weight is 294 g/mol. The predicted molar refractivity (Wildman–Crippen MR) is 78.2 cm³/mol. The number of aromatic hydroxyl groups is 1. The second-order valence-electron chi connectivity index (χ2n) is 4.25. The monoisotopic (exact) mass is 293 g/mol. The first kappa shape index (κ1) is 12.3. The number of phenols is 1. The second kappa shape index (κ2) is 4.75. The fraction of sp³-hybridized carbons (Fsp3) is 0.154. The molecular formula is C13H12ClN3OS. The molecule has 0 radical (unpaired) electrons. The van der Waals surface area contributed by atoms with Crippen LogP contribution >= 0.6 is 22.9 Å². The van der Waals surface area contributed by atoms with Gasteiger partial charge in [-0.25, -0.2) is 4.98 Å². The highest BCUT2D eigenvalue weighted by Gasteiger charge is 2.13. The number of rotatable bonds is 3. The smallest absolute Gasteiger partial charge is 0.195 e. The van der Waals surface area contributed by atoms with Gasteiger partial charge in [-0.2, -0.15) is 0 Å². The lowest BCUT2D eigenvalue weighted by Crippen LogP contribution is -2.03. The van der Waals surface area contributed by atoms with E-state index in [0.717, 1.165) is 22.0 Å². The average Bonchev–Trinajstić information content (AvgIpc) is 2.87. The minimum atomic E-state index is 0.237. The number of phenolic OH excluding ortho intramolecular Hbond substituents is 1. The number of nitrogens with one attached hydrogen (secondary N) is 1. The van der Waals surface area contributed by atoms with E-state index in [9.17, 15) is 5.11 Å². The van der Waals surface area contributed by atoms with Gasteiger partial charge in [-0.3, -0.25) is 4.40 Å². The van der Waals surface area contributed by atoms with Gasteiger partial charge in [0.1, 0.15) is 5.75 Å². The second-order valence-corrected chi connectivity index (χ2v) is 5.44. The molecule has 0 aliphatic heterocycles. The van der Waals surface area contributed by atoms with Gasteiger partial charge in [-0.05, 0) is 19.1 Å². The van der Waals surface area contributed by atoms with E-state index in [4.69, 9.17) is 11.6 Å². The molecule has 0 aliphatic rings. The maximum absolute atomic E-state index is 9.43. The normalized spacial score (nSPS) is 11.1. The molecule has 19 heavy (non-hydrogen) atoms. The Morgan fingerprint density at radius 3 is 3.11 bits per heavy atom. The summed E-state index contributed by atoms with van der Waals surface area (Å²) >= 11 is 7.74. The number of fused-ring (bicyclic) bond motifs is 1. The fourth-order valence-electron chi connectivity index (χ4n) is 1.99. The van der Waals surface area contributed by atoms with Crippen molar-refractivity contribution in [3.63, 3.8) is 0 Å². The number of hydrogen-bond acceptors (Lipinski definition) is 4. The van der Waals surface area contributed by atoms with Crippen molar-refractivity contribution in [2.24, 2.45) is 0 Å². The van der Waals surface area contributed by atoms with Crippen molar-refractivity contribution in [1.29, 1.82) is 0 Å². The van der Waals surface area contributed by atoms with Crippen molar-refractivity contribution < 1.29 is 5.11 Å². The van der Waals surface area contributed by atoms with Gasteiger partial charge in [0.25, 0.3) is 0 Å². The van der Waals surface area contributed by atoms with Crippen LogP contribution in [-0.4, -0.2) is 14.5 Å². The number of halogens is 1. The Bertz CT molecular complexity index is 735. The molecular weight excluding hydrogens is 282 g/mol. The third-order valence-electron chi connectivity index (χ3n) is 2.89. The van der Waals surface area contributed by atoms with E-state index < -0.39 is 0 Å². The molecule has 6 heteroatoms. The summed E-state index contributed by atoms with van der Waals surface area (Å²) < 4.78 is 2.04. The molecule has 0 unspecified atom stereocenters. The van der Waals surface area contributed by atoms with E-state index in [0.29, 0.717) is 11.7 Å². The molecule has 3 aromatic rings. The molecule has 1 aromatic carbocycles. The van der Waals surface area contributed by atoms with Crippen LogP contribution in [0.3, 0.4) is 0 Å². The minimum absolute atomic E-state index is 0.237. The Morgan fingerprint density at radius 1 is 1.47 bits per heavy atom. The van der Waals surface area contributed by atoms with Gasteiger partial charge in [0.2, 0.25) is 0 Å². The standard InChI is InChI=1S/C13H12ClN3OS/c1-8-7-19-13-16-12(14)11(17(8)13)6-15-9-3-2-4-10(18)5-9/h2-5,7,15,18H,6H2,1H3. The van der Waals surface area contributed by atoms with Gasteiger partial charge < -0.3 is 10.4 Å². The minimum Gasteiger partial charge on any atom is -0.508 e. The highest BCUT2D eigenvalue weighted by molar-refractivity contribution is 7.15. The number of aryl methyl sites for hydroxylation is 1. The molecule has 0 spiro atoms. The summed E-state index contributed by atoms with van der Waals surface area (Å²) in [5.41, 5.74) is 2.89. The van der Waals surface area contributed by atoms with E-state index in [1.54, 1.807) is 29.5 Å². The zero-order valence-corrected chi connectivity index (χ0v) is 11.8. The molecule has 0 saturated heterocycles. The van der Waals surface area contributed by atoms with Crippen molar-refractivity contribution in [1.82, 2.24) is 9.38 Å². The highest BCUT2D eigenvalue weighted by Crippen LogP contribution is 2.25. The van der Waals surface area contributed by atoms with E-state index in [2.05, 4.69) is 15.7 Å². The molecule has 0 atom stereocenters. The SMILES string of the molecule is Cc1csc2nc(Cl)c(CNc3cccc(O)c3)n12. The van der Waals surface area contributed by atoms with Crippen LogP contribution < -0.4 is 5.32 Å². The number of imidazole rings is 1. The largest absolute Gasteiger partial charge is 0.508 e. The third kappa shape index (κ3) is 2.27. The molecule has 3 rings (SSSR count). The molecule has 98 valence electrons. The summed E-state index contributed by atoms with van der Waals surface area (Å²) in [6.45, 7) is 2.58. The lowest BCUT2D eigenvalue weighted by Gasteiger charge is -2.07. The van der Waals surface area contributed by atoms with E-state index in [1.165, 1.54) is 0 Å². The van der Waals surface area contributed by atoms with Crippen molar-refractivity contribution in [3.05, 3.63) is 46.2 Å². The van der Waals surface area contributed by atoms with E-state index in [1.807, 2.05) is 17.4 Å². The number of aromatic nitrogens is 2. The van der Waals surface area contributed by atoms with Crippen LogP contribution in [0.5, 0.6) is 5.75 Å². The van der Waals surface area contributed by atoms with Gasteiger partial charge in [-0.1, -0.05) is 17.7 Å². The molecule has 2 aromatic heterocycles. The van der Waals surface area contributed by atoms with E-state index in [-0.39, 0.29) is 5.75 Å². The van der Waals surface area contributed by atoms with Gasteiger partial charge in [0, 0.05) is 22.8 Å². The number of benzene rings is 1. The van der Waals surface area contributed by atoms with Crippen LogP contribution in [0, 0.1) is 6.92 Å². The summed E-state index contributed by atoms with van der Waals surface area (Å²) in [6, 6.07) is 7.00. The first-order valence-corrected chi connectivity index (χ1v) is 7.05. The first-order valence-electron chi connectivity index (χ1n) is 5.79. The van der Waals surface area contributed by atoms with Crippen LogP contribution in [-0.2, 0) is 6.54 Å². The quantitative estimate of drug-likeness (QED) is 0.774.